The second kappa shape index (κ2) is 8.44. The SMILES string of the molecule is NC1c2ccccc2C[C@@H]1NC(=O)C1c2ccccc2CC(=O)N1CC1CCOCC1. The van der Waals surface area contributed by atoms with Crippen molar-refractivity contribution in [1.29, 1.82) is 0 Å². The number of nitrogens with zero attached hydrogens (tertiary/aromatic N) is 1. The monoisotopic (exact) mass is 419 g/mol. The molecule has 5 rings (SSSR count). The van der Waals surface area contributed by atoms with Crippen molar-refractivity contribution in [3.63, 3.8) is 0 Å². The predicted octanol–water partition coefficient (Wildman–Crippen LogP) is 2.28. The molecule has 1 saturated heterocycles. The lowest BCUT2D eigenvalue weighted by atomic mass is 9.89. The minimum Gasteiger partial charge on any atom is -0.381 e. The lowest BCUT2D eigenvalue weighted by Crippen LogP contribution is -2.52. The van der Waals surface area contributed by atoms with Crippen molar-refractivity contribution in [3.05, 3.63) is 70.8 Å². The predicted molar refractivity (Wildman–Crippen MR) is 117 cm³/mol. The molecule has 3 atom stereocenters. The molecule has 3 aliphatic rings. The van der Waals surface area contributed by atoms with Crippen molar-refractivity contribution in [2.75, 3.05) is 19.8 Å². The van der Waals surface area contributed by atoms with Crippen LogP contribution in [-0.4, -0.2) is 42.5 Å². The van der Waals surface area contributed by atoms with Gasteiger partial charge in [-0.1, -0.05) is 48.5 Å². The lowest BCUT2D eigenvalue weighted by molar-refractivity contribution is -0.143. The normalized spacial score (nSPS) is 25.8. The molecule has 2 aromatic carbocycles. The van der Waals surface area contributed by atoms with E-state index in [1.54, 1.807) is 4.90 Å². The summed E-state index contributed by atoms with van der Waals surface area (Å²) in [4.78, 5) is 28.5. The van der Waals surface area contributed by atoms with Crippen LogP contribution in [0.15, 0.2) is 48.5 Å². The summed E-state index contributed by atoms with van der Waals surface area (Å²) in [6.07, 6.45) is 2.90. The van der Waals surface area contributed by atoms with Crippen LogP contribution in [0.1, 0.15) is 47.2 Å². The second-order valence-corrected chi connectivity index (χ2v) is 8.92. The number of ether oxygens (including phenoxy) is 1. The molecule has 0 bridgehead atoms. The molecule has 3 N–H and O–H groups in total. The molecular weight excluding hydrogens is 390 g/mol. The quantitative estimate of drug-likeness (QED) is 0.796. The summed E-state index contributed by atoms with van der Waals surface area (Å²) in [7, 11) is 0. The minimum atomic E-state index is -0.615. The second-order valence-electron chi connectivity index (χ2n) is 8.92. The van der Waals surface area contributed by atoms with Crippen LogP contribution in [0.25, 0.3) is 0 Å². The number of benzene rings is 2. The van der Waals surface area contributed by atoms with Crippen LogP contribution in [0, 0.1) is 5.92 Å². The van der Waals surface area contributed by atoms with E-state index in [1.165, 1.54) is 5.56 Å². The third-order valence-electron chi connectivity index (χ3n) is 6.98. The Morgan fingerprint density at radius 1 is 1.03 bits per heavy atom. The van der Waals surface area contributed by atoms with Crippen molar-refractivity contribution >= 4 is 11.8 Å². The maximum Gasteiger partial charge on any atom is 0.247 e. The molecule has 6 heteroatoms. The maximum absolute atomic E-state index is 13.6. The van der Waals surface area contributed by atoms with Gasteiger partial charge in [0.15, 0.2) is 0 Å². The molecule has 31 heavy (non-hydrogen) atoms. The highest BCUT2D eigenvalue weighted by Gasteiger charge is 2.40. The average molecular weight is 420 g/mol. The van der Waals surface area contributed by atoms with Gasteiger partial charge in [0.25, 0.3) is 0 Å². The number of hydrogen-bond acceptors (Lipinski definition) is 4. The average Bonchev–Trinajstić information content (AvgIpc) is 3.10. The Hall–Kier alpha value is -2.70. The van der Waals surface area contributed by atoms with Crippen molar-refractivity contribution < 1.29 is 14.3 Å². The molecule has 6 nitrogen and oxygen atoms in total. The zero-order chi connectivity index (χ0) is 21.4. The highest BCUT2D eigenvalue weighted by atomic mass is 16.5. The smallest absolute Gasteiger partial charge is 0.247 e. The van der Waals surface area contributed by atoms with Gasteiger partial charge in [0.2, 0.25) is 11.8 Å². The number of carbonyl (C=O) groups is 2. The van der Waals surface area contributed by atoms with Gasteiger partial charge in [-0.15, -0.1) is 0 Å². The van der Waals surface area contributed by atoms with E-state index in [0.717, 1.165) is 42.7 Å². The largest absolute Gasteiger partial charge is 0.381 e. The van der Waals surface area contributed by atoms with Gasteiger partial charge in [-0.05, 0) is 47.4 Å². The third-order valence-corrected chi connectivity index (χ3v) is 6.98. The Kier molecular flexibility index (Phi) is 5.50. The zero-order valence-corrected chi connectivity index (χ0v) is 17.6. The summed E-state index contributed by atoms with van der Waals surface area (Å²) in [5.41, 5.74) is 10.6. The molecule has 0 spiro atoms. The first-order valence-electron chi connectivity index (χ1n) is 11.2. The fourth-order valence-corrected chi connectivity index (χ4v) is 5.26. The Morgan fingerprint density at radius 2 is 1.71 bits per heavy atom. The van der Waals surface area contributed by atoms with Crippen LogP contribution in [0.2, 0.25) is 0 Å². The molecule has 2 unspecified atom stereocenters. The molecule has 0 aromatic heterocycles. The Bertz CT molecular complexity index is 985. The molecule has 1 aliphatic carbocycles. The Morgan fingerprint density at radius 3 is 2.45 bits per heavy atom. The fraction of sp³-hybridized carbons (Fsp3) is 0.440. The molecule has 162 valence electrons. The maximum atomic E-state index is 13.6. The van der Waals surface area contributed by atoms with E-state index in [-0.39, 0.29) is 23.9 Å². The zero-order valence-electron chi connectivity index (χ0n) is 17.6. The molecule has 2 heterocycles. The standard InChI is InChI=1S/C25H29N3O3/c26-23-19-7-3-1-5-17(19)13-21(23)27-25(30)24-20-8-4-2-6-18(20)14-22(29)28(24)15-16-9-11-31-12-10-16/h1-8,16,21,23-24H,9-15,26H2,(H,27,30)/t21-,23?,24?/m0/s1. The van der Waals surface area contributed by atoms with Gasteiger partial charge in [0.1, 0.15) is 6.04 Å². The summed E-state index contributed by atoms with van der Waals surface area (Å²) >= 11 is 0. The van der Waals surface area contributed by atoms with E-state index in [0.29, 0.717) is 25.3 Å². The van der Waals surface area contributed by atoms with Gasteiger partial charge in [0.05, 0.1) is 18.5 Å². The van der Waals surface area contributed by atoms with E-state index < -0.39 is 6.04 Å². The number of nitrogens with one attached hydrogen (secondary N) is 1. The van der Waals surface area contributed by atoms with Crippen LogP contribution < -0.4 is 11.1 Å². The van der Waals surface area contributed by atoms with Gasteiger partial charge in [0, 0.05) is 19.8 Å². The van der Waals surface area contributed by atoms with Crippen molar-refractivity contribution in [3.8, 4) is 0 Å². The van der Waals surface area contributed by atoms with Gasteiger partial charge in [-0.3, -0.25) is 9.59 Å². The number of fused-ring (bicyclic) bond motifs is 2. The van der Waals surface area contributed by atoms with E-state index in [4.69, 9.17) is 10.5 Å². The summed E-state index contributed by atoms with van der Waals surface area (Å²) in [5.74, 6) is 0.237. The molecule has 1 fully saturated rings. The van der Waals surface area contributed by atoms with Crippen LogP contribution in [0.3, 0.4) is 0 Å². The topological polar surface area (TPSA) is 84.7 Å². The van der Waals surface area contributed by atoms with Crippen molar-refractivity contribution in [1.82, 2.24) is 10.2 Å². The highest BCUT2D eigenvalue weighted by Crippen LogP contribution is 2.34. The summed E-state index contributed by atoms with van der Waals surface area (Å²) in [6, 6.07) is 14.9. The Balaban J connectivity index is 1.40. The van der Waals surface area contributed by atoms with Crippen LogP contribution in [0.4, 0.5) is 0 Å². The molecule has 2 amide bonds. The minimum absolute atomic E-state index is 0.0179. The summed E-state index contributed by atoms with van der Waals surface area (Å²) < 4.78 is 5.48. The lowest BCUT2D eigenvalue weighted by Gasteiger charge is -2.39. The molecular formula is C25H29N3O3. The van der Waals surface area contributed by atoms with Crippen LogP contribution in [0.5, 0.6) is 0 Å². The first kappa shape index (κ1) is 20.2. The number of amides is 2. The Labute approximate surface area is 182 Å². The third kappa shape index (κ3) is 3.86. The summed E-state index contributed by atoms with van der Waals surface area (Å²) in [5, 5.41) is 3.19. The van der Waals surface area contributed by atoms with Gasteiger partial charge < -0.3 is 20.7 Å². The van der Waals surface area contributed by atoms with Crippen LogP contribution in [-0.2, 0) is 27.2 Å². The number of rotatable bonds is 4. The molecule has 2 aromatic rings. The van der Waals surface area contributed by atoms with E-state index in [2.05, 4.69) is 11.4 Å². The van der Waals surface area contributed by atoms with Crippen molar-refractivity contribution in [2.45, 2.75) is 43.8 Å². The number of nitrogens with two attached hydrogens (primary N) is 1. The molecule has 2 aliphatic heterocycles. The number of hydrogen-bond donors (Lipinski definition) is 2. The van der Waals surface area contributed by atoms with Gasteiger partial charge in [-0.2, -0.15) is 0 Å². The van der Waals surface area contributed by atoms with Gasteiger partial charge >= 0.3 is 0 Å². The fourth-order valence-electron chi connectivity index (χ4n) is 5.26. The van der Waals surface area contributed by atoms with E-state index in [1.807, 2.05) is 42.5 Å². The highest BCUT2D eigenvalue weighted by molar-refractivity contribution is 5.92. The van der Waals surface area contributed by atoms with Gasteiger partial charge in [-0.25, -0.2) is 0 Å². The van der Waals surface area contributed by atoms with Crippen LogP contribution >= 0.6 is 0 Å². The first-order valence-corrected chi connectivity index (χ1v) is 11.2. The molecule has 0 radical (unpaired) electrons. The molecule has 0 saturated carbocycles. The summed E-state index contributed by atoms with van der Waals surface area (Å²) in [6.45, 7) is 2.02. The number of carbonyl (C=O) groups excluding carboxylic acids is 2. The van der Waals surface area contributed by atoms with E-state index in [9.17, 15) is 9.59 Å². The van der Waals surface area contributed by atoms with Crippen molar-refractivity contribution in [2.24, 2.45) is 11.7 Å². The van der Waals surface area contributed by atoms with E-state index >= 15 is 0 Å². The first-order chi connectivity index (χ1) is 15.1.